The Balaban J connectivity index is 1.87. The topological polar surface area (TPSA) is 50.9 Å². The van der Waals surface area contributed by atoms with Crippen LogP contribution in [0.2, 0.25) is 0 Å². The summed E-state index contributed by atoms with van der Waals surface area (Å²) in [5.74, 6) is 1.29. The molecular formula is C14H17N3S. The third-order valence-corrected chi connectivity index (χ3v) is 4.73. The molecular weight excluding hydrogens is 242 g/mol. The normalized spacial score (nSPS) is 19.2. The molecule has 94 valence electrons. The molecule has 0 spiro atoms. The van der Waals surface area contributed by atoms with Gasteiger partial charge in [-0.3, -0.25) is 4.98 Å². The van der Waals surface area contributed by atoms with Gasteiger partial charge in [-0.1, -0.05) is 18.2 Å². The largest absolute Gasteiger partial charge is 0.396 e. The van der Waals surface area contributed by atoms with Crippen molar-refractivity contribution in [1.82, 2.24) is 4.98 Å². The van der Waals surface area contributed by atoms with Crippen LogP contribution in [0, 0.1) is 0 Å². The first-order valence-corrected chi connectivity index (χ1v) is 7.38. The first-order valence-electron chi connectivity index (χ1n) is 6.33. The van der Waals surface area contributed by atoms with Crippen molar-refractivity contribution in [2.75, 3.05) is 23.3 Å². The lowest BCUT2D eigenvalue weighted by atomic mass is 10.1. The summed E-state index contributed by atoms with van der Waals surface area (Å²) in [7, 11) is 0. The molecule has 3 rings (SSSR count). The number of anilines is 2. The van der Waals surface area contributed by atoms with Crippen LogP contribution in [0.3, 0.4) is 0 Å². The molecule has 2 heterocycles. The maximum atomic E-state index is 6.04. The molecule has 3 nitrogen and oxygen atoms in total. The summed E-state index contributed by atoms with van der Waals surface area (Å²) in [4.78, 5) is 4.35. The smallest absolute Gasteiger partial charge is 0.0743 e. The van der Waals surface area contributed by atoms with Gasteiger partial charge in [0.15, 0.2) is 0 Å². The Morgan fingerprint density at radius 2 is 2.28 bits per heavy atom. The highest BCUT2D eigenvalue weighted by Gasteiger charge is 2.16. The van der Waals surface area contributed by atoms with E-state index in [0.29, 0.717) is 0 Å². The highest BCUT2D eigenvalue weighted by atomic mass is 32.2. The Morgan fingerprint density at radius 1 is 1.39 bits per heavy atom. The molecule has 4 heteroatoms. The summed E-state index contributed by atoms with van der Waals surface area (Å²) in [5.41, 5.74) is 8.80. The van der Waals surface area contributed by atoms with Crippen molar-refractivity contribution in [3.8, 4) is 0 Å². The molecule has 1 fully saturated rings. The summed E-state index contributed by atoms with van der Waals surface area (Å²) < 4.78 is 0. The van der Waals surface area contributed by atoms with Crippen LogP contribution in [0.4, 0.5) is 11.4 Å². The number of thioether (sulfide) groups is 1. The van der Waals surface area contributed by atoms with Gasteiger partial charge in [-0.25, -0.2) is 0 Å². The van der Waals surface area contributed by atoms with Crippen molar-refractivity contribution in [3.05, 3.63) is 30.5 Å². The number of pyridine rings is 1. The molecule has 1 atom stereocenters. The highest BCUT2D eigenvalue weighted by molar-refractivity contribution is 8.00. The van der Waals surface area contributed by atoms with Crippen molar-refractivity contribution in [2.24, 2.45) is 0 Å². The Kier molecular flexibility index (Phi) is 3.28. The Labute approximate surface area is 111 Å². The molecule has 0 radical (unpaired) electrons. The molecule has 0 aliphatic carbocycles. The van der Waals surface area contributed by atoms with Crippen LogP contribution in [0.15, 0.2) is 30.5 Å². The minimum absolute atomic E-state index is 0.719. The zero-order valence-electron chi connectivity index (χ0n) is 10.2. The number of aromatic nitrogens is 1. The summed E-state index contributed by atoms with van der Waals surface area (Å²) in [6, 6.07) is 8.12. The minimum Gasteiger partial charge on any atom is -0.396 e. The number of hydrogen-bond donors (Lipinski definition) is 2. The van der Waals surface area contributed by atoms with Gasteiger partial charge in [0.1, 0.15) is 0 Å². The van der Waals surface area contributed by atoms with E-state index in [-0.39, 0.29) is 0 Å². The summed E-state index contributed by atoms with van der Waals surface area (Å²) in [6.45, 7) is 0.989. The SMILES string of the molecule is Nc1cnc2ccccc2c1NCC1CCCS1. The molecule has 1 aliphatic rings. The molecule has 0 saturated carbocycles. The van der Waals surface area contributed by atoms with Crippen LogP contribution < -0.4 is 11.1 Å². The van der Waals surface area contributed by atoms with Gasteiger partial charge in [0, 0.05) is 17.2 Å². The number of rotatable bonds is 3. The van der Waals surface area contributed by atoms with Gasteiger partial charge < -0.3 is 11.1 Å². The van der Waals surface area contributed by atoms with Gasteiger partial charge in [0.2, 0.25) is 0 Å². The number of nitrogens with one attached hydrogen (secondary N) is 1. The third-order valence-electron chi connectivity index (χ3n) is 3.34. The van der Waals surface area contributed by atoms with Gasteiger partial charge in [0.25, 0.3) is 0 Å². The second kappa shape index (κ2) is 5.06. The van der Waals surface area contributed by atoms with E-state index in [4.69, 9.17) is 5.73 Å². The van der Waals surface area contributed by atoms with Gasteiger partial charge in [0.05, 0.1) is 23.1 Å². The van der Waals surface area contributed by atoms with Crippen LogP contribution in [0.1, 0.15) is 12.8 Å². The zero-order valence-corrected chi connectivity index (χ0v) is 11.0. The molecule has 18 heavy (non-hydrogen) atoms. The molecule has 2 aromatic rings. The van der Waals surface area contributed by atoms with E-state index in [2.05, 4.69) is 28.1 Å². The Morgan fingerprint density at radius 3 is 3.11 bits per heavy atom. The number of nitrogens with two attached hydrogens (primary N) is 1. The fourth-order valence-corrected chi connectivity index (χ4v) is 3.58. The zero-order chi connectivity index (χ0) is 12.4. The fraction of sp³-hybridized carbons (Fsp3) is 0.357. The lowest BCUT2D eigenvalue weighted by Crippen LogP contribution is -2.15. The molecule has 1 aromatic heterocycles. The van der Waals surface area contributed by atoms with Crippen molar-refractivity contribution in [2.45, 2.75) is 18.1 Å². The lowest BCUT2D eigenvalue weighted by Gasteiger charge is -2.15. The summed E-state index contributed by atoms with van der Waals surface area (Å²) in [5, 5.41) is 5.34. The highest BCUT2D eigenvalue weighted by Crippen LogP contribution is 2.30. The van der Waals surface area contributed by atoms with Crippen molar-refractivity contribution >= 4 is 34.0 Å². The Hall–Kier alpha value is -1.42. The Bertz CT molecular complexity index is 550. The number of nitrogens with zero attached hydrogens (tertiary/aromatic N) is 1. The van der Waals surface area contributed by atoms with E-state index in [9.17, 15) is 0 Å². The third kappa shape index (κ3) is 2.25. The van der Waals surface area contributed by atoms with Crippen LogP contribution in [-0.2, 0) is 0 Å². The van der Waals surface area contributed by atoms with E-state index in [0.717, 1.165) is 34.1 Å². The number of nitrogen functional groups attached to an aromatic ring is 1. The average Bonchev–Trinajstić information content (AvgIpc) is 2.91. The number of fused-ring (bicyclic) bond motifs is 1. The van der Waals surface area contributed by atoms with E-state index in [1.54, 1.807) is 6.20 Å². The maximum absolute atomic E-state index is 6.04. The summed E-state index contributed by atoms with van der Waals surface area (Å²) in [6.07, 6.45) is 4.39. The number of benzene rings is 1. The molecule has 1 saturated heterocycles. The van der Waals surface area contributed by atoms with Gasteiger partial charge in [-0.2, -0.15) is 11.8 Å². The van der Waals surface area contributed by atoms with Gasteiger partial charge in [-0.15, -0.1) is 0 Å². The number of hydrogen-bond acceptors (Lipinski definition) is 4. The van der Waals surface area contributed by atoms with Crippen molar-refractivity contribution < 1.29 is 0 Å². The maximum Gasteiger partial charge on any atom is 0.0743 e. The summed E-state index contributed by atoms with van der Waals surface area (Å²) >= 11 is 2.05. The van der Waals surface area contributed by atoms with E-state index in [1.165, 1.54) is 18.6 Å². The van der Waals surface area contributed by atoms with Gasteiger partial charge >= 0.3 is 0 Å². The van der Waals surface area contributed by atoms with Crippen LogP contribution in [0.5, 0.6) is 0 Å². The second-order valence-electron chi connectivity index (χ2n) is 4.62. The lowest BCUT2D eigenvalue weighted by molar-refractivity contribution is 0.806. The standard InChI is InChI=1S/C14H17N3S/c15-12-9-16-13-6-2-1-5-11(13)14(12)17-8-10-4-3-7-18-10/h1-2,5-6,9-10H,3-4,7-8,15H2,(H,16,17). The average molecular weight is 259 g/mol. The predicted octanol–water partition coefficient (Wildman–Crippen LogP) is 3.12. The van der Waals surface area contributed by atoms with Gasteiger partial charge in [-0.05, 0) is 24.7 Å². The van der Waals surface area contributed by atoms with E-state index < -0.39 is 0 Å². The predicted molar refractivity (Wildman–Crippen MR) is 80.1 cm³/mol. The van der Waals surface area contributed by atoms with Crippen LogP contribution >= 0.6 is 11.8 Å². The quantitative estimate of drug-likeness (QED) is 0.889. The van der Waals surface area contributed by atoms with Crippen molar-refractivity contribution in [1.29, 1.82) is 0 Å². The molecule has 1 aliphatic heterocycles. The van der Waals surface area contributed by atoms with Crippen LogP contribution in [-0.4, -0.2) is 22.5 Å². The molecule has 3 N–H and O–H groups in total. The van der Waals surface area contributed by atoms with E-state index >= 15 is 0 Å². The number of para-hydroxylation sites is 1. The first kappa shape index (κ1) is 11.7. The molecule has 0 bridgehead atoms. The minimum atomic E-state index is 0.719. The second-order valence-corrected chi connectivity index (χ2v) is 6.03. The molecule has 0 amide bonds. The monoisotopic (exact) mass is 259 g/mol. The van der Waals surface area contributed by atoms with E-state index in [1.807, 2.05) is 18.2 Å². The molecule has 1 unspecified atom stereocenters. The fourth-order valence-electron chi connectivity index (χ4n) is 2.38. The molecule has 1 aromatic carbocycles. The first-order chi connectivity index (χ1) is 8.84. The van der Waals surface area contributed by atoms with Crippen molar-refractivity contribution in [3.63, 3.8) is 0 Å². The van der Waals surface area contributed by atoms with Crippen LogP contribution in [0.25, 0.3) is 10.9 Å².